The summed E-state index contributed by atoms with van der Waals surface area (Å²) in [4.78, 5) is 54.9. The zero-order valence-corrected chi connectivity index (χ0v) is 66.4. The second kappa shape index (κ2) is 67.9. The molecular formula is C87H122N14. The van der Waals surface area contributed by atoms with Gasteiger partial charge in [0.2, 0.25) is 0 Å². The first-order valence-corrected chi connectivity index (χ1v) is 35.7. The summed E-state index contributed by atoms with van der Waals surface area (Å²) < 4.78 is 0. The standard InChI is InChI=1S/5C10H9N.3C5H6N2.C4H5N3.9C2H6/c1-8-4-2-6-10-9(8)5-3-7-11-10;1-8-4-2-5-9-6-3-7-11-10(8)9;1-8-3-2-4-9-7-11-6-5-10(8)9;1-8-3-2-4-9-5-6-11-7-10(8)9;1-8-6-7-11-10-5-3-2-4-9(8)10;1-5-2-6-4-7-3-5;1-5-4-6-2-3-7-5;1-5-2-3-6-4-7-5;1-4-6-2-5-3-7-4;9*1-2/h5*2-7H,1H3;3*2-4H,1H3;2-3H,1H3;9*1-2H3. The zero-order valence-electron chi connectivity index (χ0n) is 66.4. The molecule has 9 heterocycles. The lowest BCUT2D eigenvalue weighted by atomic mass is 10.1. The molecule has 0 aliphatic carbocycles. The highest BCUT2D eigenvalue weighted by molar-refractivity contribution is 5.86. The Balaban J connectivity index is -0.000000512. The predicted molar refractivity (Wildman–Crippen MR) is 439 cm³/mol. The van der Waals surface area contributed by atoms with E-state index in [0.717, 1.165) is 39.3 Å². The topological polar surface area (TPSA) is 180 Å². The normalized spacial score (nSPS) is 8.54. The van der Waals surface area contributed by atoms with Gasteiger partial charge in [-0.05, 0) is 155 Å². The van der Waals surface area contributed by atoms with Crippen LogP contribution in [0.3, 0.4) is 0 Å². The molecule has 0 spiro atoms. The van der Waals surface area contributed by atoms with Gasteiger partial charge in [-0.1, -0.05) is 222 Å². The number of rotatable bonds is 0. The number of aromatic nitrogens is 14. The van der Waals surface area contributed by atoms with E-state index < -0.39 is 0 Å². The van der Waals surface area contributed by atoms with Gasteiger partial charge in [-0.2, -0.15) is 0 Å². The summed E-state index contributed by atoms with van der Waals surface area (Å²) in [5.74, 6) is 0.759. The van der Waals surface area contributed by atoms with Gasteiger partial charge in [-0.15, -0.1) is 0 Å². The van der Waals surface area contributed by atoms with Crippen molar-refractivity contribution in [2.45, 2.75) is 187 Å². The van der Waals surface area contributed by atoms with Crippen LogP contribution in [-0.2, 0) is 0 Å². The second-order valence-electron chi connectivity index (χ2n) is 18.6. The highest BCUT2D eigenvalue weighted by Gasteiger charge is 1.97. The van der Waals surface area contributed by atoms with Crippen molar-refractivity contribution in [2.75, 3.05) is 0 Å². The molecule has 101 heavy (non-hydrogen) atoms. The highest BCUT2D eigenvalue weighted by Crippen LogP contribution is 2.18. The molecule has 0 N–H and O–H groups in total. The quantitative estimate of drug-likeness (QED) is 0.140. The summed E-state index contributed by atoms with van der Waals surface area (Å²) in [6.07, 6.45) is 29.3. The number of fused-ring (bicyclic) bond motifs is 5. The van der Waals surface area contributed by atoms with Crippen LogP contribution in [0.1, 0.15) is 175 Å². The second-order valence-corrected chi connectivity index (χ2v) is 18.6. The Labute approximate surface area is 609 Å². The average molecular weight is 1360 g/mol. The molecule has 0 amide bonds. The Hall–Kier alpha value is -10.6. The van der Waals surface area contributed by atoms with E-state index in [1.165, 1.54) is 90.8 Å². The van der Waals surface area contributed by atoms with E-state index in [9.17, 15) is 0 Å². The van der Waals surface area contributed by atoms with Crippen LogP contribution < -0.4 is 0 Å². The van der Waals surface area contributed by atoms with Gasteiger partial charge >= 0.3 is 0 Å². The highest BCUT2D eigenvalue weighted by atomic mass is 15.0. The first kappa shape index (κ1) is 96.8. The number of nitrogens with zero attached hydrogens (tertiary/aromatic N) is 14. The maximum atomic E-state index is 4.28. The van der Waals surface area contributed by atoms with Gasteiger partial charge in [0.05, 0.1) is 22.2 Å². The molecule has 14 rings (SSSR count). The lowest BCUT2D eigenvalue weighted by Gasteiger charge is -1.98. The largest absolute Gasteiger partial charge is 0.264 e. The minimum absolute atomic E-state index is 0.759. The molecule has 0 unspecified atom stereocenters. The maximum Gasteiger partial charge on any atom is 0.128 e. The molecule has 540 valence electrons. The SMILES string of the molecule is CC.CC.CC.CC.CC.CC.CC.CC.CC.Cc1cccc2cccnc12.Cc1cccc2ccncc12.Cc1cccc2cnccc12.Cc1cccc2ncccc12.Cc1ccnc2ccccc12.Cc1ccncn1.Cc1cnccn1.Cc1cncnc1.Cc1ncncn1. The van der Waals surface area contributed by atoms with Crippen LogP contribution in [0, 0.1) is 62.3 Å². The van der Waals surface area contributed by atoms with E-state index >= 15 is 0 Å². The van der Waals surface area contributed by atoms with Crippen molar-refractivity contribution in [1.82, 2.24) is 69.8 Å². The summed E-state index contributed by atoms with van der Waals surface area (Å²) in [5.41, 5.74) is 12.7. The monoisotopic (exact) mass is 1360 g/mol. The molecule has 5 aromatic carbocycles. The van der Waals surface area contributed by atoms with Gasteiger partial charge in [-0.3, -0.25) is 34.9 Å². The van der Waals surface area contributed by atoms with E-state index in [1.54, 1.807) is 37.2 Å². The Morgan fingerprint density at radius 1 is 0.208 bits per heavy atom. The van der Waals surface area contributed by atoms with Crippen molar-refractivity contribution in [2.24, 2.45) is 0 Å². The molecule has 14 aromatic rings. The van der Waals surface area contributed by atoms with Gasteiger partial charge in [0.15, 0.2) is 0 Å². The molecule has 0 bridgehead atoms. The molecule has 0 saturated heterocycles. The van der Waals surface area contributed by atoms with Gasteiger partial charge in [0.25, 0.3) is 0 Å². The molecule has 14 heteroatoms. The summed E-state index contributed by atoms with van der Waals surface area (Å²) in [5, 5.41) is 8.72. The minimum atomic E-state index is 0.759. The van der Waals surface area contributed by atoms with Crippen LogP contribution in [0.4, 0.5) is 0 Å². The molecule has 0 aliphatic rings. The van der Waals surface area contributed by atoms with E-state index in [0.29, 0.717) is 0 Å². The number of hydrogen-bond acceptors (Lipinski definition) is 14. The molecule has 0 atom stereocenters. The fourth-order valence-electron chi connectivity index (χ4n) is 7.70. The molecule has 0 radical (unpaired) electrons. The first-order valence-electron chi connectivity index (χ1n) is 35.7. The van der Waals surface area contributed by atoms with Crippen LogP contribution in [0.15, 0.2) is 251 Å². The average Bonchev–Trinajstić information content (AvgIpc) is 0.887. The number of pyridine rings is 5. The van der Waals surface area contributed by atoms with Crippen LogP contribution >= 0.6 is 0 Å². The lowest BCUT2D eigenvalue weighted by Crippen LogP contribution is -1.84. The fourth-order valence-corrected chi connectivity index (χ4v) is 7.70. The van der Waals surface area contributed by atoms with Gasteiger partial charge < -0.3 is 0 Å². The number of benzene rings is 5. The van der Waals surface area contributed by atoms with E-state index in [-0.39, 0.29) is 0 Å². The molecule has 14 nitrogen and oxygen atoms in total. The summed E-state index contributed by atoms with van der Waals surface area (Å²) >= 11 is 0. The predicted octanol–water partition coefficient (Wildman–Crippen LogP) is 24.5. The zero-order chi connectivity index (χ0) is 76.9. The molecule has 0 saturated carbocycles. The Kier molecular flexibility index (Phi) is 65.1. The third-order valence-corrected chi connectivity index (χ3v) is 12.1. The van der Waals surface area contributed by atoms with E-state index in [1.807, 2.05) is 262 Å². The van der Waals surface area contributed by atoms with Crippen molar-refractivity contribution in [3.8, 4) is 0 Å². The van der Waals surface area contributed by atoms with Crippen molar-refractivity contribution in [1.29, 1.82) is 0 Å². The van der Waals surface area contributed by atoms with Crippen molar-refractivity contribution in [3.05, 3.63) is 302 Å². The van der Waals surface area contributed by atoms with Crippen molar-refractivity contribution < 1.29 is 0 Å². The smallest absolute Gasteiger partial charge is 0.128 e. The molecule has 0 fully saturated rings. The Bertz CT molecular complexity index is 3480. The van der Waals surface area contributed by atoms with Crippen LogP contribution in [-0.4, -0.2) is 69.8 Å². The van der Waals surface area contributed by atoms with Crippen LogP contribution in [0.25, 0.3) is 54.3 Å². The summed E-state index contributed by atoms with van der Waals surface area (Å²) in [7, 11) is 0. The summed E-state index contributed by atoms with van der Waals surface area (Å²) in [6, 6.07) is 49.1. The first-order chi connectivity index (χ1) is 49.5. The Morgan fingerprint density at radius 3 is 1.13 bits per heavy atom. The van der Waals surface area contributed by atoms with Crippen molar-refractivity contribution >= 4 is 54.3 Å². The van der Waals surface area contributed by atoms with Gasteiger partial charge in [0, 0.05) is 113 Å². The lowest BCUT2D eigenvalue weighted by molar-refractivity contribution is 0.974. The molecule has 9 aromatic heterocycles. The Morgan fingerprint density at radius 2 is 0.653 bits per heavy atom. The summed E-state index contributed by atoms with van der Waals surface area (Å²) in [6.45, 7) is 54.1. The third-order valence-electron chi connectivity index (χ3n) is 12.1. The number of para-hydroxylation sites is 2. The van der Waals surface area contributed by atoms with Gasteiger partial charge in [-0.25, -0.2) is 34.9 Å². The molecular weight excluding hydrogens is 1240 g/mol. The van der Waals surface area contributed by atoms with Crippen LogP contribution in [0.5, 0.6) is 0 Å². The van der Waals surface area contributed by atoms with Crippen LogP contribution in [0.2, 0.25) is 0 Å². The number of aryl methyl sites for hydroxylation is 9. The third kappa shape index (κ3) is 42.7. The fraction of sp³-hybridized carbons (Fsp3) is 0.310. The van der Waals surface area contributed by atoms with Gasteiger partial charge in [0.1, 0.15) is 31.1 Å². The maximum absolute atomic E-state index is 4.28. The van der Waals surface area contributed by atoms with Crippen molar-refractivity contribution in [3.63, 3.8) is 0 Å². The van der Waals surface area contributed by atoms with E-state index in [2.05, 4.69) is 183 Å². The molecule has 0 aliphatic heterocycles. The van der Waals surface area contributed by atoms with E-state index in [4.69, 9.17) is 0 Å². The number of hydrogen-bond donors (Lipinski definition) is 0. The minimum Gasteiger partial charge on any atom is -0.264 e.